The minimum atomic E-state index is -0.416. The fraction of sp³-hybridized carbons (Fsp3) is 0.250. The SMILES string of the molecule is O=C(c1csc2nc(-c3ccc(Cl)cc3)cn12)N1CC[C@@H](O)C1. The number of benzene rings is 1. The second-order valence-corrected chi connectivity index (χ2v) is 6.87. The maximum atomic E-state index is 12.6. The zero-order valence-electron chi connectivity index (χ0n) is 12.1. The first kappa shape index (κ1) is 14.7. The molecule has 0 bridgehead atoms. The number of carbonyl (C=O) groups excluding carboxylic acids is 1. The lowest BCUT2D eigenvalue weighted by Crippen LogP contribution is -2.30. The van der Waals surface area contributed by atoms with Gasteiger partial charge in [-0.3, -0.25) is 9.20 Å². The van der Waals surface area contributed by atoms with Crippen molar-refractivity contribution in [2.75, 3.05) is 13.1 Å². The van der Waals surface area contributed by atoms with E-state index >= 15 is 0 Å². The second-order valence-electron chi connectivity index (χ2n) is 5.60. The standard InChI is InChI=1S/C16H14ClN3O2S/c17-11-3-1-10(2-4-11)13-8-20-14(9-23-16(20)18-13)15(22)19-6-5-12(21)7-19/h1-4,8-9,12,21H,5-7H2/t12-/m1/s1. The largest absolute Gasteiger partial charge is 0.391 e. The highest BCUT2D eigenvalue weighted by Gasteiger charge is 2.27. The first-order valence-electron chi connectivity index (χ1n) is 7.32. The Morgan fingerprint density at radius 2 is 2.13 bits per heavy atom. The normalized spacial score (nSPS) is 18.0. The van der Waals surface area contributed by atoms with Gasteiger partial charge in [0.05, 0.1) is 11.8 Å². The van der Waals surface area contributed by atoms with Crippen molar-refractivity contribution in [1.29, 1.82) is 0 Å². The highest BCUT2D eigenvalue weighted by Crippen LogP contribution is 2.26. The Balaban J connectivity index is 1.69. The average molecular weight is 348 g/mol. The van der Waals surface area contributed by atoms with Crippen LogP contribution in [0, 0.1) is 0 Å². The molecule has 5 nitrogen and oxygen atoms in total. The third-order valence-electron chi connectivity index (χ3n) is 4.02. The summed E-state index contributed by atoms with van der Waals surface area (Å²) in [5, 5.41) is 12.1. The molecule has 1 amide bonds. The molecule has 0 unspecified atom stereocenters. The number of hydrogen-bond acceptors (Lipinski definition) is 4. The number of likely N-dealkylation sites (tertiary alicyclic amines) is 1. The van der Waals surface area contributed by atoms with Gasteiger partial charge in [0, 0.05) is 35.3 Å². The summed E-state index contributed by atoms with van der Waals surface area (Å²) >= 11 is 7.35. The maximum absolute atomic E-state index is 12.6. The van der Waals surface area contributed by atoms with Gasteiger partial charge in [0.1, 0.15) is 5.69 Å². The van der Waals surface area contributed by atoms with Crippen LogP contribution in [-0.2, 0) is 0 Å². The molecule has 118 valence electrons. The lowest BCUT2D eigenvalue weighted by atomic mass is 10.2. The monoisotopic (exact) mass is 347 g/mol. The number of aliphatic hydroxyl groups is 1. The molecule has 1 N–H and O–H groups in total. The molecule has 1 aromatic carbocycles. The zero-order valence-corrected chi connectivity index (χ0v) is 13.7. The number of rotatable bonds is 2. The van der Waals surface area contributed by atoms with E-state index in [1.807, 2.05) is 40.2 Å². The summed E-state index contributed by atoms with van der Waals surface area (Å²) < 4.78 is 1.82. The Hall–Kier alpha value is -1.89. The van der Waals surface area contributed by atoms with Gasteiger partial charge >= 0.3 is 0 Å². The summed E-state index contributed by atoms with van der Waals surface area (Å²) in [6, 6.07) is 7.46. The van der Waals surface area contributed by atoms with Gasteiger partial charge in [-0.25, -0.2) is 4.98 Å². The lowest BCUT2D eigenvalue weighted by Gasteiger charge is -2.14. The maximum Gasteiger partial charge on any atom is 0.271 e. The molecule has 4 rings (SSSR count). The molecule has 1 aliphatic heterocycles. The van der Waals surface area contributed by atoms with Crippen molar-refractivity contribution in [3.05, 3.63) is 46.6 Å². The third kappa shape index (κ3) is 2.63. The molecular formula is C16H14ClN3O2S. The van der Waals surface area contributed by atoms with E-state index in [1.54, 1.807) is 4.90 Å². The summed E-state index contributed by atoms with van der Waals surface area (Å²) in [6.07, 6.45) is 2.09. The predicted octanol–water partition coefficient (Wildman–Crippen LogP) is 2.92. The molecule has 0 saturated carbocycles. The van der Waals surface area contributed by atoms with Crippen LogP contribution in [0.25, 0.3) is 16.2 Å². The number of fused-ring (bicyclic) bond motifs is 1. The molecule has 2 aromatic heterocycles. The van der Waals surface area contributed by atoms with Crippen molar-refractivity contribution in [3.8, 4) is 11.3 Å². The van der Waals surface area contributed by atoms with E-state index in [0.717, 1.165) is 16.2 Å². The molecule has 1 aliphatic rings. The molecule has 1 saturated heterocycles. The van der Waals surface area contributed by atoms with E-state index in [-0.39, 0.29) is 5.91 Å². The van der Waals surface area contributed by atoms with Crippen molar-refractivity contribution in [2.45, 2.75) is 12.5 Å². The number of thiazole rings is 1. The van der Waals surface area contributed by atoms with Crippen molar-refractivity contribution < 1.29 is 9.90 Å². The van der Waals surface area contributed by atoms with Crippen LogP contribution in [0.5, 0.6) is 0 Å². The van der Waals surface area contributed by atoms with Gasteiger partial charge < -0.3 is 10.0 Å². The highest BCUT2D eigenvalue weighted by atomic mass is 35.5. The average Bonchev–Trinajstić information content (AvgIpc) is 3.22. The number of amides is 1. The minimum absolute atomic E-state index is 0.0622. The van der Waals surface area contributed by atoms with Crippen LogP contribution in [0.4, 0.5) is 0 Å². The molecule has 1 fully saturated rings. The number of halogens is 1. The van der Waals surface area contributed by atoms with Gasteiger partial charge in [-0.15, -0.1) is 11.3 Å². The van der Waals surface area contributed by atoms with Crippen LogP contribution >= 0.6 is 22.9 Å². The molecule has 3 aromatic rings. The highest BCUT2D eigenvalue weighted by molar-refractivity contribution is 7.15. The minimum Gasteiger partial charge on any atom is -0.391 e. The van der Waals surface area contributed by atoms with Crippen molar-refractivity contribution in [2.24, 2.45) is 0 Å². The topological polar surface area (TPSA) is 57.8 Å². The number of β-amino-alcohol motifs (C(OH)–C–C–N with tert-alkyl or cyclic N) is 1. The molecule has 1 atom stereocenters. The van der Waals surface area contributed by atoms with Crippen molar-refractivity contribution in [3.63, 3.8) is 0 Å². The fourth-order valence-electron chi connectivity index (χ4n) is 2.79. The number of carbonyl (C=O) groups is 1. The van der Waals surface area contributed by atoms with Gasteiger partial charge in [0.15, 0.2) is 4.96 Å². The number of hydrogen-bond donors (Lipinski definition) is 1. The fourth-order valence-corrected chi connectivity index (χ4v) is 3.76. The van der Waals surface area contributed by atoms with E-state index in [2.05, 4.69) is 4.98 Å². The van der Waals surface area contributed by atoms with Gasteiger partial charge in [0.25, 0.3) is 5.91 Å². The van der Waals surface area contributed by atoms with Gasteiger partial charge in [-0.2, -0.15) is 0 Å². The smallest absolute Gasteiger partial charge is 0.271 e. The molecule has 0 spiro atoms. The molecule has 23 heavy (non-hydrogen) atoms. The van der Waals surface area contributed by atoms with Crippen LogP contribution in [0.15, 0.2) is 35.8 Å². The summed E-state index contributed by atoms with van der Waals surface area (Å²) in [6.45, 7) is 0.991. The number of imidazole rings is 1. The van der Waals surface area contributed by atoms with Gasteiger partial charge in [0.2, 0.25) is 0 Å². The van der Waals surface area contributed by atoms with Crippen molar-refractivity contribution in [1.82, 2.24) is 14.3 Å². The Bertz CT molecular complexity index is 871. The van der Waals surface area contributed by atoms with Gasteiger partial charge in [-0.1, -0.05) is 23.7 Å². The quantitative estimate of drug-likeness (QED) is 0.775. The van der Waals surface area contributed by atoms with E-state index in [0.29, 0.717) is 30.2 Å². The van der Waals surface area contributed by atoms with E-state index in [4.69, 9.17) is 11.6 Å². The van der Waals surface area contributed by atoms with E-state index in [1.165, 1.54) is 11.3 Å². The Kier molecular flexibility index (Phi) is 3.60. The second kappa shape index (κ2) is 5.63. The zero-order chi connectivity index (χ0) is 16.0. The Morgan fingerprint density at radius 3 is 2.83 bits per heavy atom. The van der Waals surface area contributed by atoms with E-state index in [9.17, 15) is 9.90 Å². The van der Waals surface area contributed by atoms with Crippen molar-refractivity contribution >= 4 is 33.8 Å². The molecule has 0 aliphatic carbocycles. The van der Waals surface area contributed by atoms with Crippen LogP contribution in [0.1, 0.15) is 16.9 Å². The molecular weight excluding hydrogens is 334 g/mol. The molecule has 3 heterocycles. The predicted molar refractivity (Wildman–Crippen MR) is 90.0 cm³/mol. The summed E-state index contributed by atoms with van der Waals surface area (Å²) in [5.74, 6) is -0.0622. The Labute approximate surface area is 141 Å². The van der Waals surface area contributed by atoms with Crippen LogP contribution in [-0.4, -0.2) is 44.5 Å². The molecule has 0 radical (unpaired) electrons. The molecule has 7 heteroatoms. The Morgan fingerprint density at radius 1 is 1.35 bits per heavy atom. The van der Waals surface area contributed by atoms with Crippen LogP contribution in [0.2, 0.25) is 5.02 Å². The third-order valence-corrected chi connectivity index (χ3v) is 5.11. The summed E-state index contributed by atoms with van der Waals surface area (Å²) in [7, 11) is 0. The van der Waals surface area contributed by atoms with Crippen LogP contribution in [0.3, 0.4) is 0 Å². The van der Waals surface area contributed by atoms with Gasteiger partial charge in [-0.05, 0) is 18.6 Å². The van der Waals surface area contributed by atoms with Crippen LogP contribution < -0.4 is 0 Å². The summed E-state index contributed by atoms with van der Waals surface area (Å²) in [5.41, 5.74) is 2.36. The first-order chi connectivity index (χ1) is 11.1. The number of aliphatic hydroxyl groups excluding tert-OH is 1. The van der Waals surface area contributed by atoms with E-state index < -0.39 is 6.10 Å². The lowest BCUT2D eigenvalue weighted by molar-refractivity contribution is 0.0758. The summed E-state index contributed by atoms with van der Waals surface area (Å²) in [4.78, 5) is 19.7. The number of aromatic nitrogens is 2. The number of nitrogens with zero attached hydrogens (tertiary/aromatic N) is 3. The first-order valence-corrected chi connectivity index (χ1v) is 8.57.